The molecule has 3 aliphatic rings. The van der Waals surface area contributed by atoms with Gasteiger partial charge in [-0.15, -0.1) is 0 Å². The monoisotopic (exact) mass is 624 g/mol. The van der Waals surface area contributed by atoms with Gasteiger partial charge in [0.2, 0.25) is 11.8 Å². The van der Waals surface area contributed by atoms with Crippen molar-refractivity contribution in [3.63, 3.8) is 0 Å². The third-order valence-electron chi connectivity index (χ3n) is 9.06. The van der Waals surface area contributed by atoms with Gasteiger partial charge in [-0.3, -0.25) is 14.5 Å². The molecule has 2 aliphatic carbocycles. The maximum Gasteiger partial charge on any atom is 0.248 e. The standard InChI is InChI=1S/C31H40N6O6S/c1-18-15-36(27(39)17-41-2)9-10-37(18)21-11-19(12-21)30(40)35-31-34-23-8-7-22(28(42-3)29(23)44-31)20-13-32-26(33-14-20)16-43-25-6-4-5-24(25)38/h7-8,13-14,18-19,21,24-25,38H,4-6,9-12,15-17H2,1-3H3,(H,34,35,40)/t18-,19?,21?,24-,25-/m0/s1. The number of amides is 2. The molecule has 12 nitrogen and oxygen atoms in total. The lowest BCUT2D eigenvalue weighted by molar-refractivity contribution is -0.139. The molecule has 0 bridgehead atoms. The number of benzene rings is 1. The number of carbonyl (C=O) groups excluding carboxylic acids is 2. The van der Waals surface area contributed by atoms with Crippen molar-refractivity contribution in [2.75, 3.05) is 45.8 Å². The van der Waals surface area contributed by atoms with Gasteiger partial charge in [-0.2, -0.15) is 0 Å². The first-order valence-electron chi connectivity index (χ1n) is 15.3. The third kappa shape index (κ3) is 6.43. The summed E-state index contributed by atoms with van der Waals surface area (Å²) in [4.78, 5) is 43.2. The van der Waals surface area contributed by atoms with Gasteiger partial charge >= 0.3 is 0 Å². The molecule has 3 fully saturated rings. The van der Waals surface area contributed by atoms with E-state index in [0.29, 0.717) is 35.8 Å². The smallest absolute Gasteiger partial charge is 0.248 e. The number of aliphatic hydroxyl groups excluding tert-OH is 1. The first-order chi connectivity index (χ1) is 21.3. The molecule has 6 rings (SSSR count). The van der Waals surface area contributed by atoms with E-state index in [1.807, 2.05) is 17.0 Å². The molecular formula is C31H40N6O6S. The number of piperazine rings is 1. The van der Waals surface area contributed by atoms with Crippen LogP contribution in [0.5, 0.6) is 5.75 Å². The minimum absolute atomic E-state index is 0.0163. The Hall–Kier alpha value is -3.23. The Bertz CT molecular complexity index is 1480. The predicted octanol–water partition coefficient (Wildman–Crippen LogP) is 3.09. The van der Waals surface area contributed by atoms with E-state index in [1.54, 1.807) is 19.5 Å². The average Bonchev–Trinajstić information content (AvgIpc) is 3.60. The molecule has 2 aromatic heterocycles. The molecule has 3 atom stereocenters. The molecule has 2 amide bonds. The first kappa shape index (κ1) is 30.8. The summed E-state index contributed by atoms with van der Waals surface area (Å²) < 4.78 is 17.5. The fraction of sp³-hybridized carbons (Fsp3) is 0.581. The number of fused-ring (bicyclic) bond motifs is 1. The molecule has 1 saturated heterocycles. The molecule has 44 heavy (non-hydrogen) atoms. The summed E-state index contributed by atoms with van der Waals surface area (Å²) in [5, 5.41) is 13.6. The Balaban J connectivity index is 1.05. The highest BCUT2D eigenvalue weighted by atomic mass is 32.1. The van der Waals surface area contributed by atoms with Crippen LogP contribution >= 0.6 is 11.3 Å². The number of thiazole rings is 1. The summed E-state index contributed by atoms with van der Waals surface area (Å²) in [6, 6.07) is 4.42. The molecule has 2 N–H and O–H groups in total. The van der Waals surface area contributed by atoms with Gasteiger partial charge in [-0.05, 0) is 51.2 Å². The molecular weight excluding hydrogens is 584 g/mol. The van der Waals surface area contributed by atoms with E-state index in [0.717, 1.165) is 60.0 Å². The molecule has 13 heteroatoms. The van der Waals surface area contributed by atoms with Gasteiger partial charge in [-0.1, -0.05) is 11.3 Å². The zero-order valence-electron chi connectivity index (χ0n) is 25.4. The highest BCUT2D eigenvalue weighted by Crippen LogP contribution is 2.41. The summed E-state index contributed by atoms with van der Waals surface area (Å²) >= 11 is 1.39. The highest BCUT2D eigenvalue weighted by molar-refractivity contribution is 7.22. The van der Waals surface area contributed by atoms with Gasteiger partial charge in [0.05, 0.1) is 29.5 Å². The van der Waals surface area contributed by atoms with Gasteiger partial charge < -0.3 is 29.5 Å². The number of nitrogens with one attached hydrogen (secondary N) is 1. The van der Waals surface area contributed by atoms with Crippen LogP contribution in [0.3, 0.4) is 0 Å². The molecule has 0 unspecified atom stereocenters. The molecule has 1 aromatic carbocycles. The van der Waals surface area contributed by atoms with Crippen molar-refractivity contribution in [1.29, 1.82) is 0 Å². The van der Waals surface area contributed by atoms with E-state index < -0.39 is 6.10 Å². The number of hydrogen-bond acceptors (Lipinski definition) is 11. The maximum atomic E-state index is 13.1. The molecule has 0 radical (unpaired) electrons. The number of ether oxygens (including phenoxy) is 3. The quantitative estimate of drug-likeness (QED) is 0.346. The summed E-state index contributed by atoms with van der Waals surface area (Å²) in [6.07, 6.45) is 7.10. The van der Waals surface area contributed by atoms with Crippen LogP contribution in [0, 0.1) is 5.92 Å². The van der Waals surface area contributed by atoms with Crippen molar-refractivity contribution in [3.05, 3.63) is 30.4 Å². The van der Waals surface area contributed by atoms with Crippen molar-refractivity contribution in [2.24, 2.45) is 5.92 Å². The topological polar surface area (TPSA) is 139 Å². The average molecular weight is 625 g/mol. The Morgan fingerprint density at radius 1 is 1.14 bits per heavy atom. The number of carbonyl (C=O) groups is 2. The van der Waals surface area contributed by atoms with Gasteiger partial charge in [0.15, 0.2) is 11.0 Å². The Labute approximate surface area is 260 Å². The van der Waals surface area contributed by atoms with Crippen LogP contribution in [0.2, 0.25) is 0 Å². The normalized spacial score (nSPS) is 25.6. The molecule has 2 saturated carbocycles. The SMILES string of the molecule is COCC(=O)N1CCN(C2CC(C(=O)Nc3nc4ccc(-c5cnc(CO[C@H]6CCC[C@@H]6O)nc5)c(OC)c4s3)C2)[C@@H](C)C1. The number of methoxy groups -OCH3 is 2. The van der Waals surface area contributed by atoms with Crippen LogP contribution in [0.4, 0.5) is 5.13 Å². The minimum atomic E-state index is -0.416. The van der Waals surface area contributed by atoms with Crippen LogP contribution < -0.4 is 10.1 Å². The van der Waals surface area contributed by atoms with E-state index in [2.05, 4.69) is 32.1 Å². The Morgan fingerprint density at radius 2 is 1.93 bits per heavy atom. The van der Waals surface area contributed by atoms with Gasteiger partial charge in [0.25, 0.3) is 0 Å². The lowest BCUT2D eigenvalue weighted by Gasteiger charge is -2.49. The van der Waals surface area contributed by atoms with Crippen molar-refractivity contribution in [3.8, 4) is 16.9 Å². The molecule has 236 valence electrons. The van der Waals surface area contributed by atoms with E-state index in [-0.39, 0.29) is 43.1 Å². The maximum absolute atomic E-state index is 13.1. The van der Waals surface area contributed by atoms with E-state index in [1.165, 1.54) is 18.4 Å². The van der Waals surface area contributed by atoms with Crippen LogP contribution in [-0.2, 0) is 25.7 Å². The molecule has 3 heterocycles. The minimum Gasteiger partial charge on any atom is -0.495 e. The second kappa shape index (κ2) is 13.4. The second-order valence-electron chi connectivity index (χ2n) is 11.9. The second-order valence-corrected chi connectivity index (χ2v) is 12.9. The number of nitrogens with zero attached hydrogens (tertiary/aromatic N) is 5. The van der Waals surface area contributed by atoms with Crippen LogP contribution in [0.15, 0.2) is 24.5 Å². The lowest BCUT2D eigenvalue weighted by atomic mass is 9.78. The van der Waals surface area contributed by atoms with Crippen molar-refractivity contribution in [2.45, 2.75) is 69.9 Å². The van der Waals surface area contributed by atoms with Gasteiger partial charge in [0.1, 0.15) is 19.0 Å². The molecule has 0 spiro atoms. The number of rotatable bonds is 10. The fourth-order valence-electron chi connectivity index (χ4n) is 6.54. The van der Waals surface area contributed by atoms with E-state index in [4.69, 9.17) is 14.2 Å². The van der Waals surface area contributed by atoms with Crippen molar-refractivity contribution < 1.29 is 28.9 Å². The van der Waals surface area contributed by atoms with Crippen LogP contribution in [0.25, 0.3) is 21.3 Å². The summed E-state index contributed by atoms with van der Waals surface area (Å²) in [6.45, 7) is 4.68. The third-order valence-corrected chi connectivity index (χ3v) is 10.0. The highest BCUT2D eigenvalue weighted by Gasteiger charge is 2.41. The van der Waals surface area contributed by atoms with Crippen molar-refractivity contribution >= 4 is 38.5 Å². The predicted molar refractivity (Wildman–Crippen MR) is 165 cm³/mol. The zero-order chi connectivity index (χ0) is 30.8. The van der Waals surface area contributed by atoms with Gasteiger partial charge in [0, 0.05) is 68.3 Å². The number of hydrogen-bond donors (Lipinski definition) is 2. The van der Waals surface area contributed by atoms with Crippen LogP contribution in [-0.4, -0.2) is 106 Å². The Kier molecular flexibility index (Phi) is 9.38. The fourth-order valence-corrected chi connectivity index (χ4v) is 7.53. The first-order valence-corrected chi connectivity index (χ1v) is 16.1. The summed E-state index contributed by atoms with van der Waals surface area (Å²) in [5.74, 6) is 1.15. The summed E-state index contributed by atoms with van der Waals surface area (Å²) in [7, 11) is 3.16. The van der Waals surface area contributed by atoms with Gasteiger partial charge in [-0.25, -0.2) is 15.0 Å². The van der Waals surface area contributed by atoms with Crippen molar-refractivity contribution in [1.82, 2.24) is 24.8 Å². The van der Waals surface area contributed by atoms with E-state index >= 15 is 0 Å². The molecule has 1 aliphatic heterocycles. The summed E-state index contributed by atoms with van der Waals surface area (Å²) in [5.41, 5.74) is 2.37. The largest absolute Gasteiger partial charge is 0.495 e. The van der Waals surface area contributed by atoms with E-state index in [9.17, 15) is 14.7 Å². The number of anilines is 1. The zero-order valence-corrected chi connectivity index (χ0v) is 26.2. The molecule has 3 aromatic rings. The number of aromatic nitrogens is 3. The van der Waals surface area contributed by atoms with Crippen LogP contribution in [0.1, 0.15) is 44.9 Å². The lowest BCUT2D eigenvalue weighted by Crippen LogP contribution is -2.60. The Morgan fingerprint density at radius 3 is 2.61 bits per heavy atom. The number of aliphatic hydroxyl groups is 1.